The summed E-state index contributed by atoms with van der Waals surface area (Å²) in [6.07, 6.45) is 1.50. The fourth-order valence-electron chi connectivity index (χ4n) is 1.58. The number of halogens is 2. The first-order valence-corrected chi connectivity index (χ1v) is 7.70. The Morgan fingerprint density at radius 3 is 2.77 bits per heavy atom. The van der Waals surface area contributed by atoms with Gasteiger partial charge in [0.2, 0.25) is 0 Å². The third-order valence-corrected chi connectivity index (χ3v) is 3.68. The maximum absolute atomic E-state index is 11.9. The van der Waals surface area contributed by atoms with Crippen molar-refractivity contribution in [3.8, 4) is 5.75 Å². The average Bonchev–Trinajstić information content (AvgIpc) is 2.99. The van der Waals surface area contributed by atoms with E-state index in [1.54, 1.807) is 18.2 Å². The summed E-state index contributed by atoms with van der Waals surface area (Å²) >= 11 is 6.32. The Morgan fingerprint density at radius 1 is 1.32 bits per heavy atom. The molecule has 2 rings (SSSR count). The van der Waals surface area contributed by atoms with Gasteiger partial charge in [0.1, 0.15) is 17.1 Å². The van der Waals surface area contributed by atoms with Gasteiger partial charge in [0.15, 0.2) is 6.61 Å². The van der Waals surface area contributed by atoms with Crippen LogP contribution in [0.2, 0.25) is 0 Å². The highest BCUT2D eigenvalue weighted by Gasteiger charge is 2.17. The zero-order valence-electron chi connectivity index (χ0n) is 11.1. The minimum Gasteiger partial charge on any atom is -0.506 e. The minimum atomic E-state index is -0.798. The van der Waals surface area contributed by atoms with E-state index in [4.69, 9.17) is 9.15 Å². The largest absolute Gasteiger partial charge is 0.506 e. The maximum Gasteiger partial charge on any atom is 0.342 e. The van der Waals surface area contributed by atoms with Gasteiger partial charge in [0.05, 0.1) is 17.3 Å². The Bertz CT molecular complexity index is 685. The van der Waals surface area contributed by atoms with Gasteiger partial charge in [-0.3, -0.25) is 4.79 Å². The molecule has 0 saturated carbocycles. The lowest BCUT2D eigenvalue weighted by Crippen LogP contribution is -2.28. The van der Waals surface area contributed by atoms with E-state index in [9.17, 15) is 14.7 Å². The summed E-state index contributed by atoms with van der Waals surface area (Å²) in [6, 6.07) is 6.41. The molecule has 0 radical (unpaired) electrons. The number of aromatic hydroxyl groups is 1. The Morgan fingerprint density at radius 2 is 2.09 bits per heavy atom. The molecule has 22 heavy (non-hydrogen) atoms. The van der Waals surface area contributed by atoms with Crippen molar-refractivity contribution in [2.75, 3.05) is 6.61 Å². The molecule has 0 atom stereocenters. The molecular formula is C14H11Br2NO5. The lowest BCUT2D eigenvalue weighted by molar-refractivity contribution is -0.124. The molecule has 1 aromatic carbocycles. The van der Waals surface area contributed by atoms with E-state index in [1.807, 2.05) is 0 Å². The van der Waals surface area contributed by atoms with Gasteiger partial charge in [-0.05, 0) is 40.2 Å². The van der Waals surface area contributed by atoms with Crippen LogP contribution in [0.15, 0.2) is 43.9 Å². The number of phenolic OH excluding ortho intramolecular Hbond substituents is 1. The quantitative estimate of drug-likeness (QED) is 0.709. The van der Waals surface area contributed by atoms with Crippen LogP contribution in [0, 0.1) is 0 Å². The summed E-state index contributed by atoms with van der Waals surface area (Å²) in [7, 11) is 0. The highest BCUT2D eigenvalue weighted by Crippen LogP contribution is 2.32. The molecule has 2 N–H and O–H groups in total. The fourth-order valence-corrected chi connectivity index (χ4v) is 2.81. The highest BCUT2D eigenvalue weighted by molar-refractivity contribution is 9.11. The molecular weight excluding hydrogens is 422 g/mol. The molecule has 1 aromatic heterocycles. The predicted molar refractivity (Wildman–Crippen MR) is 84.3 cm³/mol. The second-order valence-electron chi connectivity index (χ2n) is 4.22. The second kappa shape index (κ2) is 7.46. The molecule has 0 aliphatic heterocycles. The molecule has 0 unspecified atom stereocenters. The summed E-state index contributed by atoms with van der Waals surface area (Å²) in [4.78, 5) is 23.5. The van der Waals surface area contributed by atoms with Crippen molar-refractivity contribution >= 4 is 43.7 Å². The van der Waals surface area contributed by atoms with Crippen molar-refractivity contribution in [1.29, 1.82) is 0 Å². The molecule has 6 nitrogen and oxygen atoms in total. The van der Waals surface area contributed by atoms with E-state index >= 15 is 0 Å². The summed E-state index contributed by atoms with van der Waals surface area (Å²) in [5.74, 6) is -0.927. The number of amides is 1. The highest BCUT2D eigenvalue weighted by atomic mass is 79.9. The molecule has 0 fully saturated rings. The first-order chi connectivity index (χ1) is 10.5. The molecule has 1 heterocycles. The van der Waals surface area contributed by atoms with Gasteiger partial charge < -0.3 is 19.6 Å². The predicted octanol–water partition coefficient (Wildman–Crippen LogP) is 2.98. The van der Waals surface area contributed by atoms with Crippen molar-refractivity contribution in [2.24, 2.45) is 0 Å². The summed E-state index contributed by atoms with van der Waals surface area (Å²) in [5.41, 5.74) is -0.0416. The number of hydrogen-bond acceptors (Lipinski definition) is 5. The molecule has 0 aliphatic carbocycles. The van der Waals surface area contributed by atoms with E-state index < -0.39 is 18.5 Å². The van der Waals surface area contributed by atoms with Crippen LogP contribution in [-0.2, 0) is 16.1 Å². The molecule has 1 amide bonds. The number of phenols is 1. The van der Waals surface area contributed by atoms with Crippen LogP contribution in [0.3, 0.4) is 0 Å². The molecule has 0 aliphatic rings. The Kier molecular flexibility index (Phi) is 5.62. The Hall–Kier alpha value is -1.80. The van der Waals surface area contributed by atoms with Gasteiger partial charge in [0.25, 0.3) is 5.91 Å². The van der Waals surface area contributed by atoms with Crippen molar-refractivity contribution in [2.45, 2.75) is 6.54 Å². The minimum absolute atomic E-state index is 0.0416. The van der Waals surface area contributed by atoms with Crippen molar-refractivity contribution in [3.63, 3.8) is 0 Å². The van der Waals surface area contributed by atoms with E-state index in [0.717, 1.165) is 0 Å². The van der Waals surface area contributed by atoms with E-state index in [-0.39, 0.29) is 17.9 Å². The van der Waals surface area contributed by atoms with Gasteiger partial charge >= 0.3 is 5.97 Å². The third kappa shape index (κ3) is 4.35. The van der Waals surface area contributed by atoms with Crippen LogP contribution >= 0.6 is 31.9 Å². The summed E-state index contributed by atoms with van der Waals surface area (Å²) in [6.45, 7) is -0.250. The Balaban J connectivity index is 1.88. The number of ether oxygens (including phenoxy) is 1. The smallest absolute Gasteiger partial charge is 0.342 e. The molecule has 116 valence electrons. The topological polar surface area (TPSA) is 88.8 Å². The van der Waals surface area contributed by atoms with Crippen LogP contribution in [-0.4, -0.2) is 23.6 Å². The average molecular weight is 433 g/mol. The normalized spacial score (nSPS) is 10.3. The summed E-state index contributed by atoms with van der Waals surface area (Å²) in [5, 5.41) is 12.3. The van der Waals surface area contributed by atoms with Crippen LogP contribution in [0.4, 0.5) is 0 Å². The van der Waals surface area contributed by atoms with Gasteiger partial charge in [-0.2, -0.15) is 0 Å². The van der Waals surface area contributed by atoms with Gasteiger partial charge in [-0.25, -0.2) is 4.79 Å². The number of hydrogen-bond donors (Lipinski definition) is 2. The van der Waals surface area contributed by atoms with Crippen molar-refractivity contribution < 1.29 is 23.8 Å². The van der Waals surface area contributed by atoms with Crippen LogP contribution in [0.25, 0.3) is 0 Å². The molecule has 0 saturated heterocycles. The van der Waals surface area contributed by atoms with E-state index in [0.29, 0.717) is 14.7 Å². The number of esters is 1. The number of carbonyl (C=O) groups is 2. The van der Waals surface area contributed by atoms with Crippen molar-refractivity contribution in [1.82, 2.24) is 5.32 Å². The molecule has 2 aromatic rings. The van der Waals surface area contributed by atoms with Crippen molar-refractivity contribution in [3.05, 3.63) is 50.8 Å². The molecule has 0 spiro atoms. The molecule has 8 heteroatoms. The SMILES string of the molecule is O=C(COC(=O)c1cc(Br)cc(Br)c1O)NCc1ccco1. The standard InChI is InChI=1S/C14H11Br2NO5/c15-8-4-10(13(19)11(16)5-8)14(20)22-7-12(18)17-6-9-2-1-3-21-9/h1-5,19H,6-7H2,(H,17,18). The van der Waals surface area contributed by atoms with Gasteiger partial charge in [0, 0.05) is 4.47 Å². The zero-order valence-corrected chi connectivity index (χ0v) is 14.3. The number of nitrogens with one attached hydrogen (secondary N) is 1. The number of furan rings is 1. The van der Waals surface area contributed by atoms with E-state index in [2.05, 4.69) is 37.2 Å². The summed E-state index contributed by atoms with van der Waals surface area (Å²) < 4.78 is 10.9. The maximum atomic E-state index is 11.9. The lowest BCUT2D eigenvalue weighted by atomic mass is 10.2. The third-order valence-electron chi connectivity index (χ3n) is 2.62. The molecule has 0 bridgehead atoms. The number of rotatable bonds is 5. The van der Waals surface area contributed by atoms with Gasteiger partial charge in [-0.15, -0.1) is 0 Å². The lowest BCUT2D eigenvalue weighted by Gasteiger charge is -2.08. The van der Waals surface area contributed by atoms with Crippen LogP contribution < -0.4 is 5.32 Å². The first kappa shape index (κ1) is 16.6. The van der Waals surface area contributed by atoms with Crippen LogP contribution in [0.1, 0.15) is 16.1 Å². The Labute approximate surface area is 142 Å². The van der Waals surface area contributed by atoms with E-state index in [1.165, 1.54) is 12.3 Å². The van der Waals surface area contributed by atoms with Gasteiger partial charge in [-0.1, -0.05) is 15.9 Å². The zero-order chi connectivity index (χ0) is 16.1. The monoisotopic (exact) mass is 431 g/mol. The van der Waals surface area contributed by atoms with Crippen LogP contribution in [0.5, 0.6) is 5.75 Å². The number of carbonyl (C=O) groups excluding carboxylic acids is 2. The number of benzene rings is 1. The first-order valence-electron chi connectivity index (χ1n) is 6.11. The second-order valence-corrected chi connectivity index (χ2v) is 5.99. The fraction of sp³-hybridized carbons (Fsp3) is 0.143.